The lowest BCUT2D eigenvalue weighted by Crippen LogP contribution is -2.37. The normalized spacial score (nSPS) is 25.3. The molecule has 0 spiro atoms. The quantitative estimate of drug-likeness (QED) is 0.751. The fraction of sp³-hybridized carbons (Fsp3) is 1.00. The summed E-state index contributed by atoms with van der Waals surface area (Å²) in [5, 5.41) is 3.63. The van der Waals surface area contributed by atoms with Crippen molar-refractivity contribution in [2.75, 3.05) is 13.2 Å². The predicted molar refractivity (Wildman–Crippen MR) is 60.5 cm³/mol. The Balaban J connectivity index is 2.12. The zero-order valence-corrected chi connectivity index (χ0v) is 10.1. The molecule has 84 valence electrons. The molecule has 0 aliphatic carbocycles. The highest BCUT2D eigenvalue weighted by molar-refractivity contribution is 4.76. The van der Waals surface area contributed by atoms with Crippen molar-refractivity contribution in [3.8, 4) is 0 Å². The minimum Gasteiger partial charge on any atom is -0.380 e. The van der Waals surface area contributed by atoms with Crippen LogP contribution in [0.5, 0.6) is 0 Å². The second-order valence-corrected chi connectivity index (χ2v) is 5.73. The molecule has 2 unspecified atom stereocenters. The van der Waals surface area contributed by atoms with Crippen molar-refractivity contribution >= 4 is 0 Å². The smallest absolute Gasteiger partial charge is 0.0620 e. The Morgan fingerprint density at radius 3 is 2.64 bits per heavy atom. The van der Waals surface area contributed by atoms with E-state index in [1.807, 2.05) is 0 Å². The summed E-state index contributed by atoms with van der Waals surface area (Å²) in [6, 6.07) is 1.23. The van der Waals surface area contributed by atoms with E-state index in [1.165, 1.54) is 19.3 Å². The van der Waals surface area contributed by atoms with Gasteiger partial charge in [-0.25, -0.2) is 0 Å². The average Bonchev–Trinajstić information content (AvgIpc) is 2.52. The molecule has 2 nitrogen and oxygen atoms in total. The fourth-order valence-electron chi connectivity index (χ4n) is 1.80. The average molecular weight is 199 g/mol. The molecule has 1 N–H and O–H groups in total. The lowest BCUT2D eigenvalue weighted by atomic mass is 9.89. The van der Waals surface area contributed by atoms with Gasteiger partial charge in [0.25, 0.3) is 0 Å². The summed E-state index contributed by atoms with van der Waals surface area (Å²) >= 11 is 0. The van der Waals surface area contributed by atoms with Crippen LogP contribution in [0.25, 0.3) is 0 Å². The molecule has 0 radical (unpaired) electrons. The first-order chi connectivity index (χ1) is 6.47. The van der Waals surface area contributed by atoms with Crippen LogP contribution in [0.2, 0.25) is 0 Å². The van der Waals surface area contributed by atoms with Gasteiger partial charge >= 0.3 is 0 Å². The number of hydrogen-bond donors (Lipinski definition) is 1. The Morgan fingerprint density at radius 2 is 2.14 bits per heavy atom. The zero-order chi connectivity index (χ0) is 10.6. The van der Waals surface area contributed by atoms with E-state index < -0.39 is 0 Å². The minimum atomic E-state index is 0.460. The first-order valence-electron chi connectivity index (χ1n) is 5.81. The first kappa shape index (κ1) is 12.0. The summed E-state index contributed by atoms with van der Waals surface area (Å²) in [5.74, 6) is 0. The van der Waals surface area contributed by atoms with Crippen LogP contribution in [0.15, 0.2) is 0 Å². The van der Waals surface area contributed by atoms with Gasteiger partial charge in [-0.15, -0.1) is 0 Å². The summed E-state index contributed by atoms with van der Waals surface area (Å²) in [4.78, 5) is 0. The number of ether oxygens (including phenoxy) is 1. The third-order valence-electron chi connectivity index (χ3n) is 2.78. The lowest BCUT2D eigenvalue weighted by molar-refractivity contribution is 0.187. The van der Waals surface area contributed by atoms with Crippen molar-refractivity contribution < 1.29 is 4.74 Å². The van der Waals surface area contributed by atoms with Gasteiger partial charge < -0.3 is 10.1 Å². The van der Waals surface area contributed by atoms with Crippen LogP contribution in [-0.4, -0.2) is 25.3 Å². The highest BCUT2D eigenvalue weighted by Gasteiger charge is 2.18. The molecule has 1 aliphatic heterocycles. The number of nitrogens with one attached hydrogen (secondary N) is 1. The Kier molecular flexibility index (Phi) is 4.39. The molecule has 0 bridgehead atoms. The Hall–Kier alpha value is -0.0800. The first-order valence-corrected chi connectivity index (χ1v) is 5.81. The van der Waals surface area contributed by atoms with Gasteiger partial charge in [-0.2, -0.15) is 0 Å². The SMILES string of the molecule is CC(CCC(C)(C)C)NC1CCOC1. The van der Waals surface area contributed by atoms with E-state index in [1.54, 1.807) is 0 Å². The molecule has 0 amide bonds. The van der Waals surface area contributed by atoms with E-state index in [0.29, 0.717) is 17.5 Å². The Bertz CT molecular complexity index is 156. The molecule has 1 fully saturated rings. The summed E-state index contributed by atoms with van der Waals surface area (Å²) < 4.78 is 5.34. The second-order valence-electron chi connectivity index (χ2n) is 5.73. The standard InChI is InChI=1S/C12H25NO/c1-10(5-7-12(2,3)4)13-11-6-8-14-9-11/h10-11,13H,5-9H2,1-4H3. The molecule has 0 saturated carbocycles. The van der Waals surface area contributed by atoms with E-state index in [2.05, 4.69) is 33.0 Å². The third kappa shape index (κ3) is 4.97. The van der Waals surface area contributed by atoms with Crippen LogP contribution in [0, 0.1) is 5.41 Å². The highest BCUT2D eigenvalue weighted by Crippen LogP contribution is 2.21. The van der Waals surface area contributed by atoms with Gasteiger partial charge in [-0.1, -0.05) is 20.8 Å². The van der Waals surface area contributed by atoms with E-state index in [-0.39, 0.29) is 0 Å². The van der Waals surface area contributed by atoms with Crippen LogP contribution < -0.4 is 5.32 Å². The molecule has 0 aromatic heterocycles. The fourth-order valence-corrected chi connectivity index (χ4v) is 1.80. The van der Waals surface area contributed by atoms with Crippen molar-refractivity contribution in [3.63, 3.8) is 0 Å². The molecular weight excluding hydrogens is 174 g/mol. The van der Waals surface area contributed by atoms with Crippen molar-refractivity contribution in [2.24, 2.45) is 5.41 Å². The van der Waals surface area contributed by atoms with Crippen molar-refractivity contribution in [2.45, 2.75) is 59.0 Å². The number of hydrogen-bond acceptors (Lipinski definition) is 2. The van der Waals surface area contributed by atoms with Gasteiger partial charge in [-0.3, -0.25) is 0 Å². The van der Waals surface area contributed by atoms with Gasteiger partial charge in [0.1, 0.15) is 0 Å². The predicted octanol–water partition coefficient (Wildman–Crippen LogP) is 2.58. The van der Waals surface area contributed by atoms with E-state index in [0.717, 1.165) is 13.2 Å². The summed E-state index contributed by atoms with van der Waals surface area (Å²) in [6.45, 7) is 11.0. The van der Waals surface area contributed by atoms with Gasteiger partial charge in [0.15, 0.2) is 0 Å². The maximum atomic E-state index is 5.34. The van der Waals surface area contributed by atoms with Crippen LogP contribution in [-0.2, 0) is 4.74 Å². The van der Waals surface area contributed by atoms with Gasteiger partial charge in [0.05, 0.1) is 6.61 Å². The van der Waals surface area contributed by atoms with Crippen LogP contribution >= 0.6 is 0 Å². The third-order valence-corrected chi connectivity index (χ3v) is 2.78. The van der Waals surface area contributed by atoms with E-state index in [4.69, 9.17) is 4.74 Å². The maximum Gasteiger partial charge on any atom is 0.0620 e. The van der Waals surface area contributed by atoms with E-state index in [9.17, 15) is 0 Å². The Morgan fingerprint density at radius 1 is 1.43 bits per heavy atom. The van der Waals surface area contributed by atoms with Gasteiger partial charge in [0.2, 0.25) is 0 Å². The van der Waals surface area contributed by atoms with Crippen LogP contribution in [0.4, 0.5) is 0 Å². The monoisotopic (exact) mass is 199 g/mol. The molecule has 14 heavy (non-hydrogen) atoms. The minimum absolute atomic E-state index is 0.460. The molecule has 2 heteroatoms. The molecule has 1 rings (SSSR count). The molecule has 1 aliphatic rings. The Labute approximate surface area is 88.4 Å². The van der Waals surface area contributed by atoms with Gasteiger partial charge in [0, 0.05) is 18.7 Å². The topological polar surface area (TPSA) is 21.3 Å². The molecule has 0 aromatic rings. The van der Waals surface area contributed by atoms with Crippen molar-refractivity contribution in [1.29, 1.82) is 0 Å². The van der Waals surface area contributed by atoms with Gasteiger partial charge in [-0.05, 0) is 31.6 Å². The molecule has 0 aromatic carbocycles. The highest BCUT2D eigenvalue weighted by atomic mass is 16.5. The zero-order valence-electron chi connectivity index (χ0n) is 10.1. The van der Waals surface area contributed by atoms with Crippen molar-refractivity contribution in [3.05, 3.63) is 0 Å². The molecule has 2 atom stereocenters. The summed E-state index contributed by atoms with van der Waals surface area (Å²) in [7, 11) is 0. The molecule has 1 saturated heterocycles. The lowest BCUT2D eigenvalue weighted by Gasteiger charge is -2.23. The van der Waals surface area contributed by atoms with E-state index >= 15 is 0 Å². The maximum absolute atomic E-state index is 5.34. The second kappa shape index (κ2) is 5.13. The summed E-state index contributed by atoms with van der Waals surface area (Å²) in [5.41, 5.74) is 0.460. The molecule has 1 heterocycles. The largest absolute Gasteiger partial charge is 0.380 e. The van der Waals surface area contributed by atoms with Crippen LogP contribution in [0.3, 0.4) is 0 Å². The number of rotatable bonds is 4. The molecular formula is C12H25NO. The summed E-state index contributed by atoms with van der Waals surface area (Å²) in [6.07, 6.45) is 3.73. The van der Waals surface area contributed by atoms with Crippen molar-refractivity contribution in [1.82, 2.24) is 5.32 Å². The van der Waals surface area contributed by atoms with Crippen LogP contribution in [0.1, 0.15) is 47.0 Å².